The minimum atomic E-state index is 0.707. The SMILES string of the molecule is CCl.Nc1cc2cc(Br)ccc2[nH]1. The number of anilines is 1. The maximum atomic E-state index is 5.57. The van der Waals surface area contributed by atoms with Gasteiger partial charge in [0.25, 0.3) is 0 Å². The van der Waals surface area contributed by atoms with Crippen molar-refractivity contribution in [2.75, 3.05) is 12.1 Å². The summed E-state index contributed by atoms with van der Waals surface area (Å²) >= 11 is 8.03. The van der Waals surface area contributed by atoms with Crippen LogP contribution in [0.5, 0.6) is 0 Å². The summed E-state index contributed by atoms with van der Waals surface area (Å²) in [5.41, 5.74) is 6.64. The summed E-state index contributed by atoms with van der Waals surface area (Å²) in [6.45, 7) is 0. The third kappa shape index (κ3) is 2.39. The average molecular weight is 262 g/mol. The highest BCUT2D eigenvalue weighted by Gasteiger charge is 1.96. The predicted molar refractivity (Wildman–Crippen MR) is 62.2 cm³/mol. The number of hydrogen-bond donors (Lipinski definition) is 2. The molecular weight excluding hydrogens is 251 g/mol. The first-order chi connectivity index (χ1) is 6.25. The van der Waals surface area contributed by atoms with E-state index in [9.17, 15) is 0 Å². The summed E-state index contributed by atoms with van der Waals surface area (Å²) in [5.74, 6) is 0.707. The largest absolute Gasteiger partial charge is 0.385 e. The first-order valence-electron chi connectivity index (χ1n) is 3.67. The van der Waals surface area contributed by atoms with Gasteiger partial charge in [-0.25, -0.2) is 0 Å². The summed E-state index contributed by atoms with van der Waals surface area (Å²) in [7, 11) is 0. The topological polar surface area (TPSA) is 41.8 Å². The van der Waals surface area contributed by atoms with Crippen molar-refractivity contribution in [3.63, 3.8) is 0 Å². The van der Waals surface area contributed by atoms with E-state index in [2.05, 4.69) is 32.5 Å². The van der Waals surface area contributed by atoms with Gasteiger partial charge in [0.2, 0.25) is 0 Å². The smallest absolute Gasteiger partial charge is 0.101 e. The number of aromatic nitrogens is 1. The molecule has 0 bridgehead atoms. The Kier molecular flexibility index (Phi) is 3.63. The molecule has 2 aromatic rings. The highest BCUT2D eigenvalue weighted by Crippen LogP contribution is 2.20. The van der Waals surface area contributed by atoms with Crippen LogP contribution in [-0.2, 0) is 0 Å². The number of alkyl halides is 1. The maximum Gasteiger partial charge on any atom is 0.101 e. The Hall–Kier alpha value is -0.670. The number of nitrogens with two attached hydrogens (primary N) is 1. The summed E-state index contributed by atoms with van der Waals surface area (Å²) in [6, 6.07) is 7.93. The lowest BCUT2D eigenvalue weighted by molar-refractivity contribution is 1.47. The van der Waals surface area contributed by atoms with E-state index in [0.717, 1.165) is 15.4 Å². The van der Waals surface area contributed by atoms with Gasteiger partial charge in [-0.15, -0.1) is 11.6 Å². The highest BCUT2D eigenvalue weighted by atomic mass is 79.9. The van der Waals surface area contributed by atoms with E-state index >= 15 is 0 Å². The van der Waals surface area contributed by atoms with Gasteiger partial charge in [0.1, 0.15) is 5.82 Å². The molecule has 0 amide bonds. The summed E-state index contributed by atoms with van der Waals surface area (Å²) in [4.78, 5) is 3.04. The van der Waals surface area contributed by atoms with Crippen LogP contribution in [0.3, 0.4) is 0 Å². The van der Waals surface area contributed by atoms with Crippen molar-refractivity contribution in [1.82, 2.24) is 4.98 Å². The van der Waals surface area contributed by atoms with Crippen LogP contribution in [-0.4, -0.2) is 11.4 Å². The molecule has 0 unspecified atom stereocenters. The van der Waals surface area contributed by atoms with Gasteiger partial charge in [0.05, 0.1) is 0 Å². The van der Waals surface area contributed by atoms with Crippen LogP contribution in [0.1, 0.15) is 0 Å². The molecule has 4 heteroatoms. The Bertz CT molecular complexity index is 397. The molecule has 0 radical (unpaired) electrons. The fraction of sp³-hybridized carbons (Fsp3) is 0.111. The summed E-state index contributed by atoms with van der Waals surface area (Å²) in [6.07, 6.45) is 1.47. The second-order valence-corrected chi connectivity index (χ2v) is 3.37. The Labute approximate surface area is 90.2 Å². The molecule has 1 heterocycles. The maximum absolute atomic E-state index is 5.57. The molecule has 0 aliphatic carbocycles. The fourth-order valence-electron chi connectivity index (χ4n) is 1.13. The van der Waals surface area contributed by atoms with Crippen molar-refractivity contribution in [2.45, 2.75) is 0 Å². The van der Waals surface area contributed by atoms with Crippen LogP contribution in [0, 0.1) is 0 Å². The number of nitrogen functional groups attached to an aromatic ring is 1. The van der Waals surface area contributed by atoms with Crippen molar-refractivity contribution >= 4 is 44.3 Å². The predicted octanol–water partition coefficient (Wildman–Crippen LogP) is 3.37. The summed E-state index contributed by atoms with van der Waals surface area (Å²) in [5, 5.41) is 1.14. The second kappa shape index (κ2) is 4.53. The van der Waals surface area contributed by atoms with Crippen molar-refractivity contribution in [3.8, 4) is 0 Å². The Morgan fingerprint density at radius 2 is 2.00 bits per heavy atom. The molecule has 13 heavy (non-hydrogen) atoms. The monoisotopic (exact) mass is 260 g/mol. The molecule has 2 nitrogen and oxygen atoms in total. The van der Waals surface area contributed by atoms with E-state index in [4.69, 9.17) is 5.73 Å². The molecule has 0 saturated heterocycles. The van der Waals surface area contributed by atoms with Gasteiger partial charge in [0, 0.05) is 21.8 Å². The number of rotatable bonds is 0. The lowest BCUT2D eigenvalue weighted by Crippen LogP contribution is -1.80. The molecule has 0 saturated carbocycles. The normalized spacial score (nSPS) is 9.46. The third-order valence-electron chi connectivity index (χ3n) is 1.60. The van der Waals surface area contributed by atoms with Crippen LogP contribution in [0.2, 0.25) is 0 Å². The van der Waals surface area contributed by atoms with Crippen LogP contribution < -0.4 is 5.73 Å². The van der Waals surface area contributed by atoms with Crippen molar-refractivity contribution in [2.24, 2.45) is 0 Å². The number of halogens is 2. The van der Waals surface area contributed by atoms with Gasteiger partial charge >= 0.3 is 0 Å². The number of H-pyrrole nitrogens is 1. The molecule has 0 fully saturated rings. The minimum Gasteiger partial charge on any atom is -0.385 e. The Morgan fingerprint density at radius 1 is 1.31 bits per heavy atom. The first kappa shape index (κ1) is 10.4. The van der Waals surface area contributed by atoms with Gasteiger partial charge < -0.3 is 10.7 Å². The van der Waals surface area contributed by atoms with E-state index in [1.165, 1.54) is 6.38 Å². The van der Waals surface area contributed by atoms with E-state index in [1.54, 1.807) is 0 Å². The molecule has 0 aliphatic rings. The van der Waals surface area contributed by atoms with Crippen molar-refractivity contribution in [3.05, 3.63) is 28.7 Å². The van der Waals surface area contributed by atoms with Crippen LogP contribution >= 0.6 is 27.5 Å². The molecule has 0 atom stereocenters. The van der Waals surface area contributed by atoms with Crippen LogP contribution in [0.25, 0.3) is 10.9 Å². The molecule has 3 N–H and O–H groups in total. The van der Waals surface area contributed by atoms with E-state index < -0.39 is 0 Å². The Morgan fingerprint density at radius 3 is 2.69 bits per heavy atom. The number of aromatic amines is 1. The first-order valence-corrected chi connectivity index (χ1v) is 5.22. The zero-order valence-electron chi connectivity index (χ0n) is 7.14. The molecule has 70 valence electrons. The Balaban J connectivity index is 0.000000396. The molecule has 2 rings (SSSR count). The number of fused-ring (bicyclic) bond motifs is 1. The van der Waals surface area contributed by atoms with Crippen molar-refractivity contribution < 1.29 is 0 Å². The van der Waals surface area contributed by atoms with Crippen LogP contribution in [0.15, 0.2) is 28.7 Å². The van der Waals surface area contributed by atoms with Gasteiger partial charge in [-0.1, -0.05) is 15.9 Å². The van der Waals surface area contributed by atoms with Crippen molar-refractivity contribution in [1.29, 1.82) is 0 Å². The number of benzene rings is 1. The molecule has 0 aliphatic heterocycles. The van der Waals surface area contributed by atoms with Crippen LogP contribution in [0.4, 0.5) is 5.82 Å². The van der Waals surface area contributed by atoms with E-state index in [1.807, 2.05) is 24.3 Å². The lowest BCUT2D eigenvalue weighted by Gasteiger charge is -1.88. The number of nitrogens with one attached hydrogen (secondary N) is 1. The molecule has 0 spiro atoms. The van der Waals surface area contributed by atoms with E-state index in [-0.39, 0.29) is 0 Å². The van der Waals surface area contributed by atoms with Gasteiger partial charge in [-0.2, -0.15) is 0 Å². The zero-order valence-corrected chi connectivity index (χ0v) is 9.48. The number of hydrogen-bond acceptors (Lipinski definition) is 1. The lowest BCUT2D eigenvalue weighted by atomic mass is 10.2. The molecule has 1 aromatic heterocycles. The fourth-order valence-corrected chi connectivity index (χ4v) is 1.50. The quantitative estimate of drug-likeness (QED) is 0.702. The van der Waals surface area contributed by atoms with E-state index in [0.29, 0.717) is 5.82 Å². The van der Waals surface area contributed by atoms with Gasteiger partial charge in [-0.3, -0.25) is 0 Å². The van der Waals surface area contributed by atoms with Gasteiger partial charge in [-0.05, 0) is 24.3 Å². The second-order valence-electron chi connectivity index (χ2n) is 2.46. The highest BCUT2D eigenvalue weighted by molar-refractivity contribution is 9.10. The molecular formula is C9H10BrClN2. The minimum absolute atomic E-state index is 0.707. The summed E-state index contributed by atoms with van der Waals surface area (Å²) < 4.78 is 1.07. The van der Waals surface area contributed by atoms with Gasteiger partial charge in [0.15, 0.2) is 0 Å². The molecule has 1 aromatic carbocycles. The zero-order chi connectivity index (χ0) is 9.84. The standard InChI is InChI=1S/C8H7BrN2.CH3Cl/c9-6-1-2-7-5(3-6)4-8(10)11-7;1-2/h1-4,11H,10H2;1H3. The average Bonchev–Trinajstić information content (AvgIpc) is 2.48. The third-order valence-corrected chi connectivity index (χ3v) is 2.10.